The standard InChI is InChI=1S/C24H29FN2/c1-3-23(27(2)17-19-7-5-4-6-8-19)15-16-24(18-26,20-9-10-20)21-11-13-22(25)14-12-21/h4-8,11-14,20,23H,3,9-10,15-17H2,1-2H3. The molecule has 3 rings (SSSR count). The van der Waals surface area contributed by atoms with E-state index in [9.17, 15) is 9.65 Å². The van der Waals surface area contributed by atoms with E-state index in [1.807, 2.05) is 18.2 Å². The zero-order valence-corrected chi connectivity index (χ0v) is 16.4. The summed E-state index contributed by atoms with van der Waals surface area (Å²) in [6.45, 7) is 3.13. The fourth-order valence-corrected chi connectivity index (χ4v) is 4.25. The highest BCUT2D eigenvalue weighted by Crippen LogP contribution is 2.50. The first-order chi connectivity index (χ1) is 13.1. The van der Waals surface area contributed by atoms with Crippen molar-refractivity contribution < 1.29 is 4.39 Å². The first-order valence-corrected chi connectivity index (χ1v) is 10.0. The summed E-state index contributed by atoms with van der Waals surface area (Å²) < 4.78 is 13.4. The van der Waals surface area contributed by atoms with Crippen LogP contribution in [0.25, 0.3) is 0 Å². The van der Waals surface area contributed by atoms with E-state index >= 15 is 0 Å². The molecule has 0 amide bonds. The minimum Gasteiger partial charge on any atom is -0.299 e. The van der Waals surface area contributed by atoms with Crippen molar-refractivity contribution in [1.82, 2.24) is 4.90 Å². The summed E-state index contributed by atoms with van der Waals surface area (Å²) in [7, 11) is 2.17. The number of benzene rings is 2. The summed E-state index contributed by atoms with van der Waals surface area (Å²) in [6, 6.07) is 20.2. The highest BCUT2D eigenvalue weighted by Gasteiger charge is 2.46. The second kappa shape index (κ2) is 8.67. The third kappa shape index (κ3) is 4.57. The Labute approximate surface area is 162 Å². The number of hydrogen-bond donors (Lipinski definition) is 0. The van der Waals surface area contributed by atoms with Gasteiger partial charge in [-0.2, -0.15) is 5.26 Å². The minimum atomic E-state index is -0.477. The third-order valence-corrected chi connectivity index (χ3v) is 6.07. The van der Waals surface area contributed by atoms with Gasteiger partial charge in [0.25, 0.3) is 0 Å². The van der Waals surface area contributed by atoms with Crippen LogP contribution in [0.3, 0.4) is 0 Å². The highest BCUT2D eigenvalue weighted by molar-refractivity contribution is 5.35. The molecule has 27 heavy (non-hydrogen) atoms. The molecule has 0 heterocycles. The second-order valence-electron chi connectivity index (χ2n) is 7.87. The summed E-state index contributed by atoms with van der Waals surface area (Å²) >= 11 is 0. The fourth-order valence-electron chi connectivity index (χ4n) is 4.25. The van der Waals surface area contributed by atoms with Crippen molar-refractivity contribution in [1.29, 1.82) is 5.26 Å². The van der Waals surface area contributed by atoms with Crippen molar-refractivity contribution in [2.24, 2.45) is 5.92 Å². The molecule has 0 saturated heterocycles. The van der Waals surface area contributed by atoms with Gasteiger partial charge in [-0.15, -0.1) is 0 Å². The molecule has 3 heteroatoms. The Balaban J connectivity index is 1.72. The first-order valence-electron chi connectivity index (χ1n) is 10.0. The molecule has 2 aromatic carbocycles. The number of nitriles is 1. The van der Waals surface area contributed by atoms with E-state index in [0.29, 0.717) is 12.0 Å². The Bertz CT molecular complexity index is 761. The van der Waals surface area contributed by atoms with Crippen LogP contribution in [0.5, 0.6) is 0 Å². The number of hydrogen-bond acceptors (Lipinski definition) is 2. The maximum absolute atomic E-state index is 13.4. The molecular formula is C24H29FN2. The molecule has 0 N–H and O–H groups in total. The van der Waals surface area contributed by atoms with Crippen LogP contribution >= 0.6 is 0 Å². The van der Waals surface area contributed by atoms with Crippen molar-refractivity contribution in [2.75, 3.05) is 7.05 Å². The van der Waals surface area contributed by atoms with Gasteiger partial charge in [0, 0.05) is 12.6 Å². The molecule has 0 aliphatic heterocycles. The van der Waals surface area contributed by atoms with E-state index in [-0.39, 0.29) is 5.82 Å². The SMILES string of the molecule is CCC(CCC(C#N)(c1ccc(F)cc1)C1CC1)N(C)Cc1ccccc1. The van der Waals surface area contributed by atoms with Crippen LogP contribution in [0.2, 0.25) is 0 Å². The van der Waals surface area contributed by atoms with Gasteiger partial charge in [0.1, 0.15) is 5.82 Å². The van der Waals surface area contributed by atoms with E-state index in [1.165, 1.54) is 17.7 Å². The number of nitrogens with zero attached hydrogens (tertiary/aromatic N) is 2. The van der Waals surface area contributed by atoms with Gasteiger partial charge in [0.15, 0.2) is 0 Å². The van der Waals surface area contributed by atoms with Gasteiger partial charge in [0.05, 0.1) is 11.5 Å². The average Bonchev–Trinajstić information content (AvgIpc) is 3.53. The Morgan fingerprint density at radius 3 is 2.37 bits per heavy atom. The molecule has 0 aromatic heterocycles. The molecule has 142 valence electrons. The summed E-state index contributed by atoms with van der Waals surface area (Å²) in [6.07, 6.45) is 5.06. The van der Waals surface area contributed by atoms with Crippen molar-refractivity contribution in [3.05, 3.63) is 71.5 Å². The molecule has 1 fully saturated rings. The van der Waals surface area contributed by atoms with Crippen LogP contribution in [-0.4, -0.2) is 18.0 Å². The van der Waals surface area contributed by atoms with Crippen LogP contribution in [0, 0.1) is 23.1 Å². The van der Waals surface area contributed by atoms with Crippen molar-refractivity contribution in [2.45, 2.75) is 57.0 Å². The number of rotatable bonds is 9. The molecular weight excluding hydrogens is 335 g/mol. The van der Waals surface area contributed by atoms with E-state index in [1.54, 1.807) is 0 Å². The molecule has 2 aromatic rings. The molecule has 1 saturated carbocycles. The van der Waals surface area contributed by atoms with Gasteiger partial charge in [-0.3, -0.25) is 4.90 Å². The predicted octanol–water partition coefficient (Wildman–Crippen LogP) is 5.69. The smallest absolute Gasteiger partial charge is 0.123 e. The average molecular weight is 365 g/mol. The van der Waals surface area contributed by atoms with Gasteiger partial charge in [-0.25, -0.2) is 4.39 Å². The lowest BCUT2D eigenvalue weighted by Gasteiger charge is -2.32. The van der Waals surface area contributed by atoms with Crippen LogP contribution in [0.15, 0.2) is 54.6 Å². The zero-order valence-electron chi connectivity index (χ0n) is 16.4. The lowest BCUT2D eigenvalue weighted by molar-refractivity contribution is 0.201. The van der Waals surface area contributed by atoms with E-state index < -0.39 is 5.41 Å². The molecule has 1 aliphatic carbocycles. The largest absolute Gasteiger partial charge is 0.299 e. The van der Waals surface area contributed by atoms with Crippen molar-refractivity contribution in [3.8, 4) is 6.07 Å². The van der Waals surface area contributed by atoms with Crippen LogP contribution < -0.4 is 0 Å². The summed E-state index contributed by atoms with van der Waals surface area (Å²) in [5.74, 6) is 0.167. The monoisotopic (exact) mass is 364 g/mol. The molecule has 2 nitrogen and oxygen atoms in total. The lowest BCUT2D eigenvalue weighted by Crippen LogP contribution is -2.34. The van der Waals surface area contributed by atoms with Crippen LogP contribution in [-0.2, 0) is 12.0 Å². The summed E-state index contributed by atoms with van der Waals surface area (Å²) in [5, 5.41) is 10.1. The van der Waals surface area contributed by atoms with E-state index in [2.05, 4.69) is 49.2 Å². The second-order valence-corrected chi connectivity index (χ2v) is 7.87. The van der Waals surface area contributed by atoms with Gasteiger partial charge in [-0.05, 0) is 68.3 Å². The normalized spacial score (nSPS) is 17.3. The lowest BCUT2D eigenvalue weighted by atomic mass is 9.73. The molecule has 1 aliphatic rings. The van der Waals surface area contributed by atoms with Crippen molar-refractivity contribution >= 4 is 0 Å². The highest BCUT2D eigenvalue weighted by atomic mass is 19.1. The molecule has 0 radical (unpaired) electrons. The quantitative estimate of drug-likeness (QED) is 0.572. The topological polar surface area (TPSA) is 27.0 Å². The zero-order chi connectivity index (χ0) is 19.3. The minimum absolute atomic E-state index is 0.240. The third-order valence-electron chi connectivity index (χ3n) is 6.07. The fraction of sp³-hybridized carbons (Fsp3) is 0.458. The maximum Gasteiger partial charge on any atom is 0.123 e. The summed E-state index contributed by atoms with van der Waals surface area (Å²) in [4.78, 5) is 2.40. The first kappa shape index (κ1) is 19.6. The summed E-state index contributed by atoms with van der Waals surface area (Å²) in [5.41, 5.74) is 1.81. The Morgan fingerprint density at radius 1 is 1.15 bits per heavy atom. The van der Waals surface area contributed by atoms with Gasteiger partial charge >= 0.3 is 0 Å². The Morgan fingerprint density at radius 2 is 1.81 bits per heavy atom. The van der Waals surface area contributed by atoms with Gasteiger partial charge in [0.2, 0.25) is 0 Å². The maximum atomic E-state index is 13.4. The van der Waals surface area contributed by atoms with Crippen LogP contribution in [0.1, 0.15) is 50.2 Å². The van der Waals surface area contributed by atoms with E-state index in [0.717, 1.165) is 44.2 Å². The Kier molecular flexibility index (Phi) is 6.29. The Hall–Kier alpha value is -2.18. The van der Waals surface area contributed by atoms with Gasteiger partial charge < -0.3 is 0 Å². The van der Waals surface area contributed by atoms with Crippen LogP contribution in [0.4, 0.5) is 4.39 Å². The molecule has 2 atom stereocenters. The molecule has 0 spiro atoms. The predicted molar refractivity (Wildman–Crippen MR) is 108 cm³/mol. The number of halogens is 1. The van der Waals surface area contributed by atoms with E-state index in [4.69, 9.17) is 0 Å². The molecule has 0 bridgehead atoms. The van der Waals surface area contributed by atoms with Crippen molar-refractivity contribution in [3.63, 3.8) is 0 Å². The van der Waals surface area contributed by atoms with Gasteiger partial charge in [-0.1, -0.05) is 49.4 Å². The molecule has 2 unspecified atom stereocenters.